The largest absolute Gasteiger partial charge is 0.509 e. The van der Waals surface area contributed by atoms with Gasteiger partial charge >= 0.3 is 6.16 Å². The fourth-order valence-electron chi connectivity index (χ4n) is 2.31. The molecule has 14 heavy (non-hydrogen) atoms. The van der Waals surface area contributed by atoms with Gasteiger partial charge in [-0.25, -0.2) is 4.79 Å². The van der Waals surface area contributed by atoms with Crippen LogP contribution in [0.25, 0.3) is 0 Å². The molecule has 2 atom stereocenters. The van der Waals surface area contributed by atoms with E-state index in [0.717, 1.165) is 12.8 Å². The minimum absolute atomic E-state index is 0.0833. The highest BCUT2D eigenvalue weighted by molar-refractivity contribution is 5.62. The first kappa shape index (κ1) is 9.56. The minimum atomic E-state index is -0.540. The highest BCUT2D eigenvalue weighted by atomic mass is 16.7. The van der Waals surface area contributed by atoms with Crippen LogP contribution in [0.1, 0.15) is 33.6 Å². The monoisotopic (exact) mass is 196 g/mol. The first-order valence-corrected chi connectivity index (χ1v) is 5.06. The van der Waals surface area contributed by atoms with Crippen LogP contribution in [0, 0.1) is 5.92 Å². The molecule has 0 aromatic carbocycles. The van der Waals surface area contributed by atoms with Gasteiger partial charge in [0, 0.05) is 5.92 Å². The molecule has 1 aliphatic carbocycles. The molecule has 0 N–H and O–H groups in total. The summed E-state index contributed by atoms with van der Waals surface area (Å²) in [6.45, 7) is 5.99. The summed E-state index contributed by atoms with van der Waals surface area (Å²) in [5.74, 6) is 0.295. The molecule has 0 amide bonds. The molecule has 3 heteroatoms. The zero-order chi connectivity index (χ0) is 10.3. The van der Waals surface area contributed by atoms with Crippen LogP contribution in [-0.2, 0) is 9.47 Å². The third-order valence-corrected chi connectivity index (χ3v) is 3.17. The van der Waals surface area contributed by atoms with Crippen LogP contribution in [-0.4, -0.2) is 17.9 Å². The molecule has 1 saturated heterocycles. The van der Waals surface area contributed by atoms with E-state index >= 15 is 0 Å². The van der Waals surface area contributed by atoms with Crippen molar-refractivity contribution in [3.05, 3.63) is 11.6 Å². The normalized spacial score (nSPS) is 35.1. The average molecular weight is 196 g/mol. The van der Waals surface area contributed by atoms with Crippen molar-refractivity contribution in [2.45, 2.75) is 45.3 Å². The summed E-state index contributed by atoms with van der Waals surface area (Å²) in [7, 11) is 0. The van der Waals surface area contributed by atoms with Crippen LogP contribution in [0.5, 0.6) is 0 Å². The van der Waals surface area contributed by atoms with Gasteiger partial charge < -0.3 is 9.47 Å². The Labute approximate surface area is 84.1 Å². The maximum absolute atomic E-state index is 11.2. The van der Waals surface area contributed by atoms with Gasteiger partial charge in [-0.05, 0) is 39.7 Å². The highest BCUT2D eigenvalue weighted by Gasteiger charge is 2.45. The summed E-state index contributed by atoms with van der Waals surface area (Å²) >= 11 is 0. The van der Waals surface area contributed by atoms with Gasteiger partial charge in [-0.3, -0.25) is 0 Å². The Morgan fingerprint density at radius 2 is 2.21 bits per heavy atom. The van der Waals surface area contributed by atoms with Crippen molar-refractivity contribution in [2.24, 2.45) is 5.92 Å². The van der Waals surface area contributed by atoms with Gasteiger partial charge in [0.05, 0.1) is 0 Å². The van der Waals surface area contributed by atoms with Gasteiger partial charge in [-0.1, -0.05) is 5.57 Å². The van der Waals surface area contributed by atoms with E-state index in [9.17, 15) is 4.79 Å². The van der Waals surface area contributed by atoms with Crippen LogP contribution in [0.4, 0.5) is 4.79 Å². The molecule has 1 heterocycles. The number of rotatable bonds is 0. The molecule has 78 valence electrons. The van der Waals surface area contributed by atoms with E-state index in [1.54, 1.807) is 0 Å². The second-order valence-corrected chi connectivity index (χ2v) is 4.70. The topological polar surface area (TPSA) is 35.5 Å². The zero-order valence-electron chi connectivity index (χ0n) is 8.87. The molecule has 1 unspecified atom stereocenters. The summed E-state index contributed by atoms with van der Waals surface area (Å²) in [4.78, 5) is 11.2. The first-order chi connectivity index (χ1) is 6.49. The molecule has 0 spiro atoms. The van der Waals surface area contributed by atoms with Crippen molar-refractivity contribution in [3.8, 4) is 0 Å². The van der Waals surface area contributed by atoms with E-state index in [1.165, 1.54) is 5.57 Å². The third kappa shape index (κ3) is 1.51. The fourth-order valence-corrected chi connectivity index (χ4v) is 2.31. The van der Waals surface area contributed by atoms with Crippen molar-refractivity contribution in [2.75, 3.05) is 0 Å². The number of allylic oxidation sites excluding steroid dienone is 1. The molecule has 1 fully saturated rings. The van der Waals surface area contributed by atoms with Crippen LogP contribution in [0.2, 0.25) is 0 Å². The second-order valence-electron chi connectivity index (χ2n) is 4.70. The molecule has 3 nitrogen and oxygen atoms in total. The molecule has 0 bridgehead atoms. The number of hydrogen-bond acceptors (Lipinski definition) is 3. The number of hydrogen-bond donors (Lipinski definition) is 0. The van der Waals surface area contributed by atoms with Gasteiger partial charge in [0.15, 0.2) is 0 Å². The zero-order valence-corrected chi connectivity index (χ0v) is 8.87. The third-order valence-electron chi connectivity index (χ3n) is 3.17. The summed E-state index contributed by atoms with van der Waals surface area (Å²) in [6, 6.07) is 0. The Hall–Kier alpha value is -0.990. The molecule has 0 aromatic heterocycles. The Balaban J connectivity index is 2.26. The van der Waals surface area contributed by atoms with Crippen LogP contribution < -0.4 is 0 Å². The Morgan fingerprint density at radius 1 is 1.50 bits per heavy atom. The van der Waals surface area contributed by atoms with E-state index in [2.05, 4.69) is 13.0 Å². The standard InChI is InChI=1S/C11H16O3/c1-7-4-5-8-9(6-7)13-10(12)14-11(8,2)3/h6,8-9H,4-5H2,1-3H3/t8?,9-/m0/s1. The van der Waals surface area contributed by atoms with E-state index in [4.69, 9.17) is 9.47 Å². The maximum atomic E-state index is 11.2. The maximum Gasteiger partial charge on any atom is 0.509 e. The first-order valence-electron chi connectivity index (χ1n) is 5.06. The van der Waals surface area contributed by atoms with Crippen LogP contribution in [0.3, 0.4) is 0 Å². The predicted molar refractivity (Wildman–Crippen MR) is 51.9 cm³/mol. The van der Waals surface area contributed by atoms with Crippen molar-refractivity contribution in [1.29, 1.82) is 0 Å². The number of fused-ring (bicyclic) bond motifs is 1. The summed E-state index contributed by atoms with van der Waals surface area (Å²) < 4.78 is 10.3. The van der Waals surface area contributed by atoms with Gasteiger partial charge in [0.1, 0.15) is 11.7 Å². The van der Waals surface area contributed by atoms with E-state index in [-0.39, 0.29) is 6.10 Å². The lowest BCUT2D eigenvalue weighted by atomic mass is 9.77. The van der Waals surface area contributed by atoms with Gasteiger partial charge in [-0.2, -0.15) is 0 Å². The molecule has 0 aromatic rings. The predicted octanol–water partition coefficient (Wildman–Crippen LogP) is 2.66. The quantitative estimate of drug-likeness (QED) is 0.441. The van der Waals surface area contributed by atoms with E-state index in [1.807, 2.05) is 13.8 Å². The lowest BCUT2D eigenvalue weighted by molar-refractivity contribution is -0.132. The molecule has 2 aliphatic rings. The molecule has 1 aliphatic heterocycles. The van der Waals surface area contributed by atoms with Crippen molar-refractivity contribution >= 4 is 6.16 Å². The Kier molecular flexibility index (Phi) is 2.05. The molecule has 0 saturated carbocycles. The fraction of sp³-hybridized carbons (Fsp3) is 0.727. The highest BCUT2D eigenvalue weighted by Crippen LogP contribution is 2.39. The summed E-state index contributed by atoms with van der Waals surface area (Å²) in [5.41, 5.74) is 0.911. The van der Waals surface area contributed by atoms with Gasteiger partial charge in [-0.15, -0.1) is 0 Å². The van der Waals surface area contributed by atoms with E-state index < -0.39 is 11.8 Å². The molecular formula is C11H16O3. The van der Waals surface area contributed by atoms with Crippen molar-refractivity contribution in [3.63, 3.8) is 0 Å². The lowest BCUT2D eigenvalue weighted by Gasteiger charge is -2.43. The molecule has 2 rings (SSSR count). The van der Waals surface area contributed by atoms with E-state index in [0.29, 0.717) is 5.92 Å². The number of carbonyl (C=O) groups is 1. The smallest absolute Gasteiger partial charge is 0.428 e. The van der Waals surface area contributed by atoms with Crippen molar-refractivity contribution in [1.82, 2.24) is 0 Å². The minimum Gasteiger partial charge on any atom is -0.428 e. The number of ether oxygens (including phenoxy) is 2. The number of carbonyl (C=O) groups excluding carboxylic acids is 1. The molecule has 0 radical (unpaired) electrons. The summed E-state index contributed by atoms with van der Waals surface area (Å²) in [5, 5.41) is 0. The van der Waals surface area contributed by atoms with Crippen LogP contribution in [0.15, 0.2) is 11.6 Å². The summed E-state index contributed by atoms with van der Waals surface area (Å²) in [6.07, 6.45) is 3.54. The Bertz CT molecular complexity index is 291. The molecular weight excluding hydrogens is 180 g/mol. The SMILES string of the molecule is CC1=C[C@@H]2OC(=O)OC(C)(C)C2CC1. The average Bonchev–Trinajstić information content (AvgIpc) is 2.00. The van der Waals surface area contributed by atoms with Crippen molar-refractivity contribution < 1.29 is 14.3 Å². The van der Waals surface area contributed by atoms with Crippen LogP contribution >= 0.6 is 0 Å². The second kappa shape index (κ2) is 3.01. The van der Waals surface area contributed by atoms with Gasteiger partial charge in [0.2, 0.25) is 0 Å². The van der Waals surface area contributed by atoms with Gasteiger partial charge in [0.25, 0.3) is 0 Å². The lowest BCUT2D eigenvalue weighted by Crippen LogP contribution is -2.50. The number of cyclic esters (lactones) is 1. The Morgan fingerprint density at radius 3 is 2.93 bits per heavy atom.